The van der Waals surface area contributed by atoms with E-state index in [2.05, 4.69) is 20.3 Å². The lowest BCUT2D eigenvalue weighted by Gasteiger charge is -2.09. The Balaban J connectivity index is 1.66. The van der Waals surface area contributed by atoms with Crippen molar-refractivity contribution in [3.8, 4) is 11.1 Å². The maximum Gasteiger partial charge on any atom is 0.229 e. The van der Waals surface area contributed by atoms with Crippen molar-refractivity contribution in [1.82, 2.24) is 19.5 Å². The van der Waals surface area contributed by atoms with Gasteiger partial charge in [-0.05, 0) is 37.5 Å². The summed E-state index contributed by atoms with van der Waals surface area (Å²) in [7, 11) is 1.95. The molecule has 1 fully saturated rings. The molecule has 1 aliphatic rings. The van der Waals surface area contributed by atoms with Crippen molar-refractivity contribution in [1.29, 1.82) is 0 Å². The molecular weight excluding hydrogens is 398 g/mol. The van der Waals surface area contributed by atoms with Crippen molar-refractivity contribution >= 4 is 49.4 Å². The maximum atomic E-state index is 12.2. The summed E-state index contributed by atoms with van der Waals surface area (Å²) in [5, 5.41) is 3.57. The van der Waals surface area contributed by atoms with Crippen LogP contribution in [0.3, 0.4) is 0 Å². The van der Waals surface area contributed by atoms with Crippen LogP contribution in [-0.4, -0.2) is 31.2 Å². The average Bonchev–Trinajstić information content (AvgIpc) is 3.41. The Hall–Kier alpha value is -3.13. The summed E-state index contributed by atoms with van der Waals surface area (Å²) >= 11 is 1.47. The van der Waals surface area contributed by atoms with Crippen LogP contribution in [0.1, 0.15) is 42.2 Å². The smallest absolute Gasteiger partial charge is 0.229 e. The molecule has 1 aromatic carbocycles. The van der Waals surface area contributed by atoms with E-state index in [1.165, 1.54) is 11.3 Å². The second-order valence-electron chi connectivity index (χ2n) is 7.77. The Kier molecular flexibility index (Phi) is 4.39. The molecule has 1 N–H and O–H groups in total. The van der Waals surface area contributed by atoms with E-state index in [0.717, 1.165) is 50.8 Å². The van der Waals surface area contributed by atoms with E-state index in [4.69, 9.17) is 0 Å². The fourth-order valence-corrected chi connectivity index (χ4v) is 4.72. The first-order valence-electron chi connectivity index (χ1n) is 10.0. The normalized spacial score (nSPS) is 13.8. The molecule has 0 radical (unpaired) electrons. The summed E-state index contributed by atoms with van der Waals surface area (Å²) in [6.45, 7) is 3.81. The van der Waals surface area contributed by atoms with Gasteiger partial charge in [0.15, 0.2) is 10.9 Å². The van der Waals surface area contributed by atoms with E-state index in [1.807, 2.05) is 37.6 Å². The number of thiazole rings is 1. The van der Waals surface area contributed by atoms with E-state index in [1.54, 1.807) is 12.5 Å². The third kappa shape index (κ3) is 3.08. The van der Waals surface area contributed by atoms with Gasteiger partial charge >= 0.3 is 0 Å². The molecule has 0 aliphatic heterocycles. The lowest BCUT2D eigenvalue weighted by atomic mass is 9.99. The number of anilines is 1. The number of nitrogens with one attached hydrogen (secondary N) is 1. The van der Waals surface area contributed by atoms with Gasteiger partial charge in [-0.25, -0.2) is 9.97 Å². The Bertz CT molecular complexity index is 1330. The number of hydrogen-bond acceptors (Lipinski definition) is 6. The van der Waals surface area contributed by atoms with Gasteiger partial charge in [-0.3, -0.25) is 14.6 Å². The number of carbonyl (C=O) groups excluding carboxylic acids is 2. The number of amides is 1. The Morgan fingerprint density at radius 2 is 2.03 bits per heavy atom. The van der Waals surface area contributed by atoms with Gasteiger partial charge in [0.2, 0.25) is 5.91 Å². The minimum Gasteiger partial charge on any atom is -0.332 e. The van der Waals surface area contributed by atoms with E-state index < -0.39 is 0 Å². The monoisotopic (exact) mass is 419 g/mol. The van der Waals surface area contributed by atoms with Crippen LogP contribution < -0.4 is 5.32 Å². The zero-order chi connectivity index (χ0) is 21.0. The highest BCUT2D eigenvalue weighted by Gasteiger charge is 2.30. The molecule has 0 bridgehead atoms. The molecule has 5 rings (SSSR count). The van der Waals surface area contributed by atoms with Crippen LogP contribution in [0.5, 0.6) is 0 Å². The molecule has 0 spiro atoms. The highest BCUT2D eigenvalue weighted by Crippen LogP contribution is 2.39. The largest absolute Gasteiger partial charge is 0.332 e. The van der Waals surface area contributed by atoms with Crippen LogP contribution in [-0.2, 0) is 11.8 Å². The van der Waals surface area contributed by atoms with Crippen molar-refractivity contribution < 1.29 is 9.59 Å². The Morgan fingerprint density at radius 3 is 2.73 bits per heavy atom. The zero-order valence-electron chi connectivity index (χ0n) is 17.0. The number of benzene rings is 1. The lowest BCUT2D eigenvalue weighted by Crippen LogP contribution is -2.12. The zero-order valence-corrected chi connectivity index (χ0v) is 17.8. The molecule has 7 nitrogen and oxygen atoms in total. The summed E-state index contributed by atoms with van der Waals surface area (Å²) < 4.78 is 2.96. The third-order valence-electron chi connectivity index (χ3n) is 5.53. The lowest BCUT2D eigenvalue weighted by molar-refractivity contribution is -0.117. The number of aryl methyl sites for hydroxylation is 2. The molecular formula is C22H21N5O2S. The summed E-state index contributed by atoms with van der Waals surface area (Å²) in [5.41, 5.74) is 5.92. The van der Waals surface area contributed by atoms with Gasteiger partial charge in [-0.15, -0.1) is 0 Å². The van der Waals surface area contributed by atoms with Crippen molar-refractivity contribution in [3.63, 3.8) is 0 Å². The quantitative estimate of drug-likeness (QED) is 0.481. The summed E-state index contributed by atoms with van der Waals surface area (Å²) in [4.78, 5) is 37.9. The van der Waals surface area contributed by atoms with Gasteiger partial charge in [0.1, 0.15) is 5.69 Å². The predicted molar refractivity (Wildman–Crippen MR) is 118 cm³/mol. The van der Waals surface area contributed by atoms with Gasteiger partial charge in [-0.2, -0.15) is 0 Å². The van der Waals surface area contributed by atoms with Gasteiger partial charge in [-0.1, -0.05) is 18.3 Å². The van der Waals surface area contributed by atoms with Crippen LogP contribution in [0, 0.1) is 12.8 Å². The minimum absolute atomic E-state index is 0.0265. The second-order valence-corrected chi connectivity index (χ2v) is 8.77. The number of rotatable bonds is 5. The van der Waals surface area contributed by atoms with E-state index in [0.29, 0.717) is 17.2 Å². The average molecular weight is 420 g/mol. The Morgan fingerprint density at radius 1 is 1.23 bits per heavy atom. The maximum absolute atomic E-state index is 12.2. The van der Waals surface area contributed by atoms with Crippen LogP contribution in [0.4, 0.5) is 5.13 Å². The molecule has 1 saturated carbocycles. The van der Waals surface area contributed by atoms with Crippen molar-refractivity contribution in [2.75, 3.05) is 5.32 Å². The first kappa shape index (κ1) is 18.9. The predicted octanol–water partition coefficient (Wildman–Crippen LogP) is 4.49. The fourth-order valence-electron chi connectivity index (χ4n) is 3.68. The SMILES string of the molecule is CCC(=O)c1cc(C)c(-c2cc3nc(NC(=O)C4CC4)sc3c3c2ncn3C)cn1. The highest BCUT2D eigenvalue weighted by atomic mass is 32.1. The van der Waals surface area contributed by atoms with Crippen molar-refractivity contribution in [3.05, 3.63) is 35.9 Å². The molecule has 4 aromatic rings. The molecule has 3 aromatic heterocycles. The van der Waals surface area contributed by atoms with Crippen LogP contribution in [0.25, 0.3) is 32.4 Å². The molecule has 8 heteroatoms. The number of ketones is 1. The van der Waals surface area contributed by atoms with Crippen LogP contribution >= 0.6 is 11.3 Å². The number of aromatic nitrogens is 4. The van der Waals surface area contributed by atoms with Gasteiger partial charge in [0.25, 0.3) is 0 Å². The minimum atomic E-state index is 0.0265. The molecule has 0 atom stereocenters. The molecule has 152 valence electrons. The number of Topliss-reactive ketones (excluding diaryl/α,β-unsaturated/α-hetero) is 1. The first-order valence-corrected chi connectivity index (χ1v) is 10.8. The Labute approximate surface area is 177 Å². The van der Waals surface area contributed by atoms with E-state index in [-0.39, 0.29) is 17.6 Å². The summed E-state index contributed by atoms with van der Waals surface area (Å²) in [5.74, 6) is 0.202. The summed E-state index contributed by atoms with van der Waals surface area (Å²) in [6.07, 6.45) is 5.87. The van der Waals surface area contributed by atoms with Crippen molar-refractivity contribution in [2.45, 2.75) is 33.1 Å². The van der Waals surface area contributed by atoms with Crippen molar-refractivity contribution in [2.24, 2.45) is 13.0 Å². The van der Waals surface area contributed by atoms with Gasteiger partial charge in [0.05, 0.1) is 27.6 Å². The number of pyridine rings is 1. The number of hydrogen-bond donors (Lipinski definition) is 1. The molecule has 3 heterocycles. The second kappa shape index (κ2) is 6.98. The number of imidazole rings is 1. The van der Waals surface area contributed by atoms with Gasteiger partial charge in [0, 0.05) is 36.7 Å². The van der Waals surface area contributed by atoms with Gasteiger partial charge < -0.3 is 9.88 Å². The fraction of sp³-hybridized carbons (Fsp3) is 0.318. The standard InChI is InChI=1S/C22H21N5O2S/c1-4-17(28)15-7-11(2)14(9-23-15)13-8-16-20(19-18(13)24-10-27(19)3)30-22(25-16)26-21(29)12-5-6-12/h7-10,12H,4-6H2,1-3H3,(H,25,26,29). The number of nitrogens with zero attached hydrogens (tertiary/aromatic N) is 4. The van der Waals surface area contributed by atoms with E-state index >= 15 is 0 Å². The molecule has 30 heavy (non-hydrogen) atoms. The molecule has 0 unspecified atom stereocenters. The molecule has 0 saturated heterocycles. The van der Waals surface area contributed by atoms with Crippen LogP contribution in [0.15, 0.2) is 24.7 Å². The number of fused-ring (bicyclic) bond motifs is 3. The van der Waals surface area contributed by atoms with E-state index in [9.17, 15) is 9.59 Å². The molecule has 1 aliphatic carbocycles. The highest BCUT2D eigenvalue weighted by molar-refractivity contribution is 7.23. The first-order chi connectivity index (χ1) is 14.5. The number of carbonyl (C=O) groups is 2. The van der Waals surface area contributed by atoms with Crippen LogP contribution in [0.2, 0.25) is 0 Å². The molecule has 1 amide bonds. The third-order valence-corrected chi connectivity index (χ3v) is 6.52. The topological polar surface area (TPSA) is 89.8 Å². The summed E-state index contributed by atoms with van der Waals surface area (Å²) in [6, 6.07) is 3.84.